The number of alkyl halides is 3. The van der Waals surface area contributed by atoms with Crippen LogP contribution in [0.15, 0.2) is 61.1 Å². The molecule has 198 valence electrons. The van der Waals surface area contributed by atoms with Crippen molar-refractivity contribution in [3.8, 4) is 17.3 Å². The molecule has 1 aliphatic heterocycles. The van der Waals surface area contributed by atoms with Gasteiger partial charge in [-0.05, 0) is 54.4 Å². The van der Waals surface area contributed by atoms with Gasteiger partial charge in [0.15, 0.2) is 5.82 Å². The van der Waals surface area contributed by atoms with Crippen LogP contribution in [-0.2, 0) is 19.1 Å². The number of halogens is 4. The van der Waals surface area contributed by atoms with Gasteiger partial charge in [0.25, 0.3) is 0 Å². The van der Waals surface area contributed by atoms with E-state index in [0.717, 1.165) is 23.9 Å². The third kappa shape index (κ3) is 5.64. The van der Waals surface area contributed by atoms with Crippen molar-refractivity contribution in [1.82, 2.24) is 19.7 Å². The summed E-state index contributed by atoms with van der Waals surface area (Å²) in [6, 6.07) is 11.1. The van der Waals surface area contributed by atoms with Crippen molar-refractivity contribution in [2.75, 3.05) is 22.1 Å². The fourth-order valence-corrected chi connectivity index (χ4v) is 4.16. The number of carbonyl (C=O) groups excluding carboxylic acids is 1. The quantitative estimate of drug-likeness (QED) is 0.304. The Hall–Kier alpha value is -4.99. The first kappa shape index (κ1) is 25.7. The molecule has 2 N–H and O–H groups in total. The van der Waals surface area contributed by atoms with E-state index in [1.807, 2.05) is 12.1 Å². The normalized spacial score (nSPS) is 12.6. The van der Waals surface area contributed by atoms with Gasteiger partial charge >= 0.3 is 12.2 Å². The maximum Gasteiger partial charge on any atom is 0.416 e. The van der Waals surface area contributed by atoms with Gasteiger partial charge in [-0.3, -0.25) is 9.58 Å². The highest BCUT2D eigenvalue weighted by Gasteiger charge is 2.30. The number of amides is 2. The fourth-order valence-electron chi connectivity index (χ4n) is 4.16. The highest BCUT2D eigenvalue weighted by molar-refractivity contribution is 6.03. The average Bonchev–Trinajstić information content (AvgIpc) is 3.55. The molecule has 2 aromatic carbocycles. The molecule has 3 heterocycles. The number of hydrogen-bond acceptors (Lipinski definition) is 6. The topological polar surface area (TPSA) is 112 Å². The first-order valence-corrected chi connectivity index (χ1v) is 11.8. The molecule has 0 aliphatic carbocycles. The molecule has 5 rings (SSSR count). The number of benzene rings is 2. The van der Waals surface area contributed by atoms with Crippen molar-refractivity contribution in [1.29, 1.82) is 5.26 Å². The summed E-state index contributed by atoms with van der Waals surface area (Å²) in [6.07, 6.45) is 0.496. The molecule has 39 heavy (non-hydrogen) atoms. The van der Waals surface area contributed by atoms with Crippen LogP contribution >= 0.6 is 0 Å². The third-order valence-electron chi connectivity index (χ3n) is 6.04. The number of aromatic nitrogens is 4. The van der Waals surface area contributed by atoms with E-state index in [4.69, 9.17) is 5.26 Å². The molecule has 0 saturated carbocycles. The minimum absolute atomic E-state index is 0.0583. The van der Waals surface area contributed by atoms with Crippen LogP contribution < -0.4 is 15.5 Å². The van der Waals surface area contributed by atoms with Crippen molar-refractivity contribution < 1.29 is 22.4 Å². The van der Waals surface area contributed by atoms with Gasteiger partial charge in [0.05, 0.1) is 37.0 Å². The van der Waals surface area contributed by atoms with Crippen molar-refractivity contribution in [2.45, 2.75) is 25.6 Å². The van der Waals surface area contributed by atoms with Crippen LogP contribution in [0.5, 0.6) is 0 Å². The largest absolute Gasteiger partial charge is 0.416 e. The fraction of sp³-hybridized carbons (Fsp3) is 0.192. The number of nitrogens with zero attached hydrogens (tertiary/aromatic N) is 6. The molecule has 0 bridgehead atoms. The number of anilines is 4. The second-order valence-corrected chi connectivity index (χ2v) is 8.67. The summed E-state index contributed by atoms with van der Waals surface area (Å²) in [5.41, 5.74) is 2.11. The molecule has 0 radical (unpaired) electrons. The zero-order valence-corrected chi connectivity index (χ0v) is 20.2. The van der Waals surface area contributed by atoms with Crippen molar-refractivity contribution >= 4 is 29.0 Å². The predicted octanol–water partition coefficient (Wildman–Crippen LogP) is 5.75. The van der Waals surface area contributed by atoms with Gasteiger partial charge < -0.3 is 10.6 Å². The molecular weight excluding hydrogens is 516 g/mol. The minimum atomic E-state index is -4.45. The van der Waals surface area contributed by atoms with Gasteiger partial charge in [-0.25, -0.2) is 19.2 Å². The van der Waals surface area contributed by atoms with E-state index in [1.165, 1.54) is 27.9 Å². The molecular formula is C26H20F4N8O. The summed E-state index contributed by atoms with van der Waals surface area (Å²) in [6.45, 7) is 0.765. The number of nitriles is 1. The highest BCUT2D eigenvalue weighted by Crippen LogP contribution is 2.33. The molecule has 1 aliphatic rings. The summed E-state index contributed by atoms with van der Waals surface area (Å²) in [4.78, 5) is 22.6. The number of rotatable bonds is 6. The smallest absolute Gasteiger partial charge is 0.324 e. The van der Waals surface area contributed by atoms with Crippen LogP contribution in [0.2, 0.25) is 0 Å². The lowest BCUT2D eigenvalue weighted by atomic mass is 10.1. The van der Waals surface area contributed by atoms with Crippen LogP contribution in [0.1, 0.15) is 17.5 Å². The molecule has 0 atom stereocenters. The Balaban J connectivity index is 1.28. The number of urea groups is 1. The van der Waals surface area contributed by atoms with Crippen LogP contribution in [0.4, 0.5) is 45.4 Å². The van der Waals surface area contributed by atoms with E-state index in [9.17, 15) is 22.4 Å². The second kappa shape index (κ2) is 10.4. The average molecular weight is 536 g/mol. The van der Waals surface area contributed by atoms with Gasteiger partial charge in [-0.2, -0.15) is 23.5 Å². The molecule has 0 fully saturated rings. The number of hydrogen-bond donors (Lipinski definition) is 2. The lowest BCUT2D eigenvalue weighted by Crippen LogP contribution is -2.33. The SMILES string of the molecule is N#CCCn1cc(-c2nc(Nc3ccc4c(c3)CCN4C(=O)Nc3ccc(C(F)(F)F)cc3)ncc2F)cn1. The van der Waals surface area contributed by atoms with E-state index in [2.05, 4.69) is 25.7 Å². The van der Waals surface area contributed by atoms with Crippen LogP contribution in [0, 0.1) is 17.1 Å². The van der Waals surface area contributed by atoms with E-state index >= 15 is 0 Å². The zero-order chi connectivity index (χ0) is 27.6. The van der Waals surface area contributed by atoms with E-state index in [0.29, 0.717) is 36.4 Å². The lowest BCUT2D eigenvalue weighted by molar-refractivity contribution is -0.137. The maximum atomic E-state index is 14.4. The van der Waals surface area contributed by atoms with E-state index < -0.39 is 23.6 Å². The molecule has 9 nitrogen and oxygen atoms in total. The Kier molecular flexibility index (Phi) is 6.84. The summed E-state index contributed by atoms with van der Waals surface area (Å²) in [7, 11) is 0. The summed E-state index contributed by atoms with van der Waals surface area (Å²) < 4.78 is 54.3. The number of fused-ring (bicyclic) bond motifs is 1. The summed E-state index contributed by atoms with van der Waals surface area (Å²) in [5, 5.41) is 18.5. The van der Waals surface area contributed by atoms with Gasteiger partial charge in [0.1, 0.15) is 5.69 Å². The van der Waals surface area contributed by atoms with Gasteiger partial charge in [0.2, 0.25) is 5.95 Å². The monoisotopic (exact) mass is 536 g/mol. The highest BCUT2D eigenvalue weighted by atomic mass is 19.4. The van der Waals surface area contributed by atoms with E-state index in [-0.39, 0.29) is 23.8 Å². The number of aryl methyl sites for hydroxylation is 1. The Morgan fingerprint density at radius 2 is 1.87 bits per heavy atom. The molecule has 0 spiro atoms. The Morgan fingerprint density at radius 3 is 2.62 bits per heavy atom. The third-order valence-corrected chi connectivity index (χ3v) is 6.04. The number of carbonyl (C=O) groups is 1. The lowest BCUT2D eigenvalue weighted by Gasteiger charge is -2.19. The van der Waals surface area contributed by atoms with Crippen LogP contribution in [0.3, 0.4) is 0 Å². The summed E-state index contributed by atoms with van der Waals surface area (Å²) in [5.74, 6) is -0.463. The van der Waals surface area contributed by atoms with Crippen LogP contribution in [0.25, 0.3) is 11.3 Å². The molecule has 2 aromatic heterocycles. The molecule has 2 amide bonds. The Bertz CT molecular complexity index is 1560. The Labute approximate surface area is 219 Å². The zero-order valence-electron chi connectivity index (χ0n) is 20.2. The number of nitrogens with one attached hydrogen (secondary N) is 2. The standard InChI is InChI=1S/C26H20F4N8O/c27-21-14-32-24(36-23(21)17-13-33-37(15-17)10-1-9-31)34-20-6-7-22-16(12-20)8-11-38(22)25(39)35-19-4-2-18(3-5-19)26(28,29)30/h2-7,12-15H,1,8,10-11H2,(H,35,39)(H,32,34,36). The molecule has 0 unspecified atom stereocenters. The maximum absolute atomic E-state index is 14.4. The van der Waals surface area contributed by atoms with Crippen molar-refractivity contribution in [3.63, 3.8) is 0 Å². The second-order valence-electron chi connectivity index (χ2n) is 8.67. The van der Waals surface area contributed by atoms with Gasteiger partial charge in [-0.1, -0.05) is 0 Å². The summed E-state index contributed by atoms with van der Waals surface area (Å²) >= 11 is 0. The molecule has 13 heteroatoms. The first-order chi connectivity index (χ1) is 18.7. The first-order valence-electron chi connectivity index (χ1n) is 11.8. The molecule has 4 aromatic rings. The predicted molar refractivity (Wildman–Crippen MR) is 135 cm³/mol. The Morgan fingerprint density at radius 1 is 1.10 bits per heavy atom. The van der Waals surface area contributed by atoms with Gasteiger partial charge in [-0.15, -0.1) is 0 Å². The van der Waals surface area contributed by atoms with Gasteiger partial charge in [0, 0.05) is 35.4 Å². The van der Waals surface area contributed by atoms with Crippen molar-refractivity contribution in [3.05, 3.63) is 78.0 Å². The van der Waals surface area contributed by atoms with E-state index in [1.54, 1.807) is 18.3 Å². The van der Waals surface area contributed by atoms with Crippen molar-refractivity contribution in [2.24, 2.45) is 0 Å². The molecule has 0 saturated heterocycles. The minimum Gasteiger partial charge on any atom is -0.324 e. The van der Waals surface area contributed by atoms with Crippen LogP contribution in [-0.4, -0.2) is 32.3 Å².